The smallest absolute Gasteiger partial charge is 0.246 e. The number of rotatable bonds is 10. The van der Waals surface area contributed by atoms with Crippen LogP contribution in [-0.4, -0.2) is 76.6 Å². The molecule has 2 heterocycles. The zero-order valence-corrected chi connectivity index (χ0v) is 25.7. The van der Waals surface area contributed by atoms with E-state index in [9.17, 15) is 13.2 Å². The van der Waals surface area contributed by atoms with E-state index in [0.717, 1.165) is 31.2 Å². The second kappa shape index (κ2) is 12.7. The van der Waals surface area contributed by atoms with Crippen LogP contribution in [0.4, 0.5) is 0 Å². The number of methoxy groups -OCH3 is 1. The van der Waals surface area contributed by atoms with Gasteiger partial charge < -0.3 is 19.7 Å². The van der Waals surface area contributed by atoms with Gasteiger partial charge in [-0.3, -0.25) is 4.79 Å². The van der Waals surface area contributed by atoms with E-state index in [4.69, 9.17) is 9.47 Å². The first kappa shape index (κ1) is 30.0. The number of nitrogens with one attached hydrogen (secondary N) is 1. The van der Waals surface area contributed by atoms with Crippen molar-refractivity contribution in [3.63, 3.8) is 0 Å². The normalized spacial score (nSPS) is 23.2. The Balaban J connectivity index is 1.26. The summed E-state index contributed by atoms with van der Waals surface area (Å²) in [5, 5.41) is 5.28. The van der Waals surface area contributed by atoms with Crippen LogP contribution in [0.5, 0.6) is 5.75 Å². The Morgan fingerprint density at radius 3 is 2.49 bits per heavy atom. The number of amides is 1. The summed E-state index contributed by atoms with van der Waals surface area (Å²) in [6.45, 7) is 6.07. The predicted octanol–water partition coefficient (Wildman–Crippen LogP) is 4.44. The first-order chi connectivity index (χ1) is 18.5. The molecule has 2 fully saturated rings. The van der Waals surface area contributed by atoms with Crippen LogP contribution in [0.25, 0.3) is 0 Å². The quantitative estimate of drug-likeness (QED) is 0.449. The average Bonchev–Trinajstić information content (AvgIpc) is 3.59. The summed E-state index contributed by atoms with van der Waals surface area (Å²) in [5.74, 6) is 1.14. The molecule has 0 bridgehead atoms. The minimum absolute atomic E-state index is 0.0479. The summed E-state index contributed by atoms with van der Waals surface area (Å²) in [6.07, 6.45) is 4.34. The van der Waals surface area contributed by atoms with Crippen LogP contribution in [-0.2, 0) is 19.6 Å². The fraction of sp³-hybridized carbons (Fsp3) is 0.621. The van der Waals surface area contributed by atoms with Gasteiger partial charge in [0.1, 0.15) is 12.4 Å². The second-order valence-electron chi connectivity index (χ2n) is 11.2. The number of hydrogen-bond donors (Lipinski definition) is 1. The van der Waals surface area contributed by atoms with Crippen LogP contribution in [0.2, 0.25) is 0 Å². The van der Waals surface area contributed by atoms with Crippen molar-refractivity contribution >= 4 is 27.3 Å². The molecule has 0 radical (unpaired) electrons. The molecule has 39 heavy (non-hydrogen) atoms. The van der Waals surface area contributed by atoms with Crippen molar-refractivity contribution in [3.8, 4) is 5.75 Å². The standard InChI is InChI=1S/C29H43N3O5S2/c1-19-16-25(36-6)20(2)21(3)29(19)39(34,35)32-14-13-24(17-32)37-18-27(33)30-23-11-9-22(10-12-23)28(31(4)5)26-8-7-15-38-26/h7-8,15-16,22-24,28H,9-14,17-18H2,1-6H3,(H,30,33). The molecule has 1 aromatic carbocycles. The molecule has 10 heteroatoms. The zero-order chi connectivity index (χ0) is 28.3. The molecule has 2 aliphatic rings. The van der Waals surface area contributed by atoms with Crippen molar-refractivity contribution < 1.29 is 22.7 Å². The molecule has 4 rings (SSSR count). The zero-order valence-electron chi connectivity index (χ0n) is 24.0. The Morgan fingerprint density at radius 1 is 1.15 bits per heavy atom. The highest BCUT2D eigenvalue weighted by Gasteiger charge is 2.36. The molecule has 8 nitrogen and oxygen atoms in total. The van der Waals surface area contributed by atoms with Gasteiger partial charge in [-0.05, 0) is 107 Å². The van der Waals surface area contributed by atoms with Crippen molar-refractivity contribution in [1.82, 2.24) is 14.5 Å². The first-order valence-electron chi connectivity index (χ1n) is 13.8. The third-order valence-corrected chi connectivity index (χ3v) is 11.4. The first-order valence-corrected chi connectivity index (χ1v) is 16.1. The second-order valence-corrected chi connectivity index (χ2v) is 14.0. The van der Waals surface area contributed by atoms with Gasteiger partial charge in [0.15, 0.2) is 0 Å². The number of aryl methyl sites for hydroxylation is 1. The number of thiophene rings is 1. The highest BCUT2D eigenvalue weighted by Crippen LogP contribution is 2.39. The van der Waals surface area contributed by atoms with E-state index in [1.54, 1.807) is 20.1 Å². The highest BCUT2D eigenvalue weighted by atomic mass is 32.2. The van der Waals surface area contributed by atoms with E-state index >= 15 is 0 Å². The fourth-order valence-electron chi connectivity index (χ4n) is 6.22. The SMILES string of the molecule is COc1cc(C)c(S(=O)(=O)N2CCC(OCC(=O)NC3CCC(C(c4cccs4)N(C)C)CC3)C2)c(C)c1C. The van der Waals surface area contributed by atoms with E-state index in [1.807, 2.05) is 25.2 Å². The van der Waals surface area contributed by atoms with E-state index in [2.05, 4.69) is 41.8 Å². The van der Waals surface area contributed by atoms with Crippen LogP contribution in [0.3, 0.4) is 0 Å². The summed E-state index contributed by atoms with van der Waals surface area (Å²) in [7, 11) is 2.20. The molecule has 1 saturated carbocycles. The van der Waals surface area contributed by atoms with Gasteiger partial charge >= 0.3 is 0 Å². The topological polar surface area (TPSA) is 88.2 Å². The lowest BCUT2D eigenvalue weighted by molar-refractivity contribution is -0.128. The largest absolute Gasteiger partial charge is 0.496 e. The van der Waals surface area contributed by atoms with Crippen LogP contribution < -0.4 is 10.1 Å². The molecule has 216 valence electrons. The van der Waals surface area contributed by atoms with Crippen molar-refractivity contribution in [3.05, 3.63) is 45.1 Å². The van der Waals surface area contributed by atoms with Gasteiger partial charge in [0.2, 0.25) is 15.9 Å². The van der Waals surface area contributed by atoms with Gasteiger partial charge in [-0.1, -0.05) is 6.07 Å². The van der Waals surface area contributed by atoms with E-state index < -0.39 is 10.0 Å². The molecule has 1 saturated heterocycles. The summed E-state index contributed by atoms with van der Waals surface area (Å²) in [6, 6.07) is 6.69. The van der Waals surface area contributed by atoms with E-state index in [0.29, 0.717) is 46.7 Å². The Morgan fingerprint density at radius 2 is 1.87 bits per heavy atom. The average molecular weight is 578 g/mol. The summed E-state index contributed by atoms with van der Waals surface area (Å²) in [4.78, 5) is 16.7. The molecule has 2 aromatic rings. The maximum Gasteiger partial charge on any atom is 0.246 e. The van der Waals surface area contributed by atoms with Crippen molar-refractivity contribution in [2.45, 2.75) is 76.0 Å². The third kappa shape index (κ3) is 6.68. The molecule has 1 amide bonds. The number of benzene rings is 1. The van der Waals surface area contributed by atoms with Gasteiger partial charge in [0.05, 0.1) is 18.1 Å². The summed E-state index contributed by atoms with van der Waals surface area (Å²) < 4.78 is 39.8. The van der Waals surface area contributed by atoms with Crippen molar-refractivity contribution in [2.75, 3.05) is 40.9 Å². The van der Waals surface area contributed by atoms with Crippen LogP contribution in [0.15, 0.2) is 28.5 Å². The summed E-state index contributed by atoms with van der Waals surface area (Å²) >= 11 is 1.81. The number of carbonyl (C=O) groups is 1. The Hall–Kier alpha value is -1.98. The molecule has 0 spiro atoms. The molecule has 1 aromatic heterocycles. The Labute approximate surface area is 237 Å². The molecule has 1 aliphatic carbocycles. The molecule has 1 aliphatic heterocycles. The predicted molar refractivity (Wildman–Crippen MR) is 155 cm³/mol. The number of ether oxygens (including phenoxy) is 2. The lowest BCUT2D eigenvalue weighted by Crippen LogP contribution is -2.41. The van der Waals surface area contributed by atoms with Crippen molar-refractivity contribution in [1.29, 1.82) is 0 Å². The van der Waals surface area contributed by atoms with Gasteiger partial charge in [-0.15, -0.1) is 11.3 Å². The van der Waals surface area contributed by atoms with Crippen LogP contribution in [0, 0.1) is 26.7 Å². The molecule has 2 atom stereocenters. The van der Waals surface area contributed by atoms with E-state index in [1.165, 1.54) is 9.18 Å². The van der Waals surface area contributed by atoms with Gasteiger partial charge in [-0.2, -0.15) is 4.31 Å². The van der Waals surface area contributed by atoms with Crippen LogP contribution in [0.1, 0.15) is 59.7 Å². The molecular weight excluding hydrogens is 534 g/mol. The highest BCUT2D eigenvalue weighted by molar-refractivity contribution is 7.89. The lowest BCUT2D eigenvalue weighted by atomic mass is 9.80. The van der Waals surface area contributed by atoms with Gasteiger partial charge in [0, 0.05) is 30.1 Å². The minimum atomic E-state index is -3.68. The van der Waals surface area contributed by atoms with E-state index in [-0.39, 0.29) is 31.2 Å². The molecular formula is C29H43N3O5S2. The van der Waals surface area contributed by atoms with Gasteiger partial charge in [-0.25, -0.2) is 8.42 Å². The third-order valence-electron chi connectivity index (χ3n) is 8.33. The maximum atomic E-state index is 13.5. The molecule has 2 unspecified atom stereocenters. The Kier molecular flexibility index (Phi) is 9.75. The fourth-order valence-corrected chi connectivity index (χ4v) is 9.21. The monoisotopic (exact) mass is 577 g/mol. The summed E-state index contributed by atoms with van der Waals surface area (Å²) in [5.41, 5.74) is 2.20. The van der Waals surface area contributed by atoms with Gasteiger partial charge in [0.25, 0.3) is 0 Å². The van der Waals surface area contributed by atoms with Crippen LogP contribution >= 0.6 is 11.3 Å². The molecule has 1 N–H and O–H groups in total. The number of nitrogens with zero attached hydrogens (tertiary/aromatic N) is 2. The van der Waals surface area contributed by atoms with Crippen molar-refractivity contribution in [2.24, 2.45) is 5.92 Å². The number of carbonyl (C=O) groups excluding carboxylic acids is 1. The maximum absolute atomic E-state index is 13.5. The minimum Gasteiger partial charge on any atom is -0.496 e. The number of sulfonamides is 1. The lowest BCUT2D eigenvalue weighted by Gasteiger charge is -2.37. The number of hydrogen-bond acceptors (Lipinski definition) is 7. The Bertz CT molecular complexity index is 1240.